The van der Waals surface area contributed by atoms with Gasteiger partial charge in [-0.15, -0.1) is 0 Å². The molecular weight excluding hydrogens is 542 g/mol. The smallest absolute Gasteiger partial charge is 0.326 e. The predicted octanol–water partition coefficient (Wildman–Crippen LogP) is -2.10. The van der Waals surface area contributed by atoms with Crippen LogP contribution in [0.2, 0.25) is 0 Å². The van der Waals surface area contributed by atoms with Gasteiger partial charge in [-0.3, -0.25) is 24.0 Å². The van der Waals surface area contributed by atoms with Crippen molar-refractivity contribution < 1.29 is 44.1 Å². The lowest BCUT2D eigenvalue weighted by Gasteiger charge is -2.25. The molecule has 0 spiro atoms. The van der Waals surface area contributed by atoms with Crippen molar-refractivity contribution in [2.24, 2.45) is 11.5 Å². The van der Waals surface area contributed by atoms with E-state index in [1.54, 1.807) is 12.1 Å². The number of aromatic nitrogens is 2. The number of nitrogens with one attached hydrogen (secondary N) is 4. The van der Waals surface area contributed by atoms with E-state index in [1.165, 1.54) is 24.7 Å². The second-order valence-corrected chi connectivity index (χ2v) is 9.22. The second kappa shape index (κ2) is 15.6. The normalized spacial score (nSPS) is 13.7. The van der Waals surface area contributed by atoms with E-state index in [0.717, 1.165) is 0 Å². The molecule has 11 N–H and O–H groups in total. The number of rotatable bonds is 17. The fraction of sp³-hybridized carbons (Fsp3) is 0.400. The number of phenolic OH excluding ortho intramolecular Hbond substituents is 1. The zero-order valence-electron chi connectivity index (χ0n) is 21.9. The Morgan fingerprint density at radius 3 is 1.98 bits per heavy atom. The van der Waals surface area contributed by atoms with Crippen molar-refractivity contribution in [3.05, 3.63) is 48.0 Å². The Balaban J connectivity index is 2.19. The van der Waals surface area contributed by atoms with Crippen LogP contribution in [0.1, 0.15) is 36.9 Å². The molecule has 16 nitrogen and oxygen atoms in total. The minimum atomic E-state index is -1.58. The van der Waals surface area contributed by atoms with Crippen LogP contribution in [-0.2, 0) is 41.6 Å². The number of carbonyl (C=O) groups is 6. The Hall–Kier alpha value is -4.99. The van der Waals surface area contributed by atoms with Crippen LogP contribution in [-0.4, -0.2) is 85.0 Å². The monoisotopic (exact) mass is 575 g/mol. The van der Waals surface area contributed by atoms with Crippen LogP contribution in [0.15, 0.2) is 36.8 Å². The lowest BCUT2D eigenvalue weighted by molar-refractivity contribution is -0.143. The molecule has 0 saturated heterocycles. The largest absolute Gasteiger partial charge is 0.508 e. The van der Waals surface area contributed by atoms with Gasteiger partial charge in [0.15, 0.2) is 0 Å². The highest BCUT2D eigenvalue weighted by atomic mass is 16.4. The van der Waals surface area contributed by atoms with Crippen molar-refractivity contribution in [1.29, 1.82) is 0 Å². The maximum atomic E-state index is 13.3. The van der Waals surface area contributed by atoms with Crippen LogP contribution in [0.4, 0.5) is 0 Å². The van der Waals surface area contributed by atoms with Gasteiger partial charge in [0.25, 0.3) is 0 Å². The summed E-state index contributed by atoms with van der Waals surface area (Å²) in [4.78, 5) is 79.5. The number of amides is 4. The molecule has 222 valence electrons. The van der Waals surface area contributed by atoms with Crippen molar-refractivity contribution >= 4 is 35.6 Å². The molecule has 0 bridgehead atoms. The summed E-state index contributed by atoms with van der Waals surface area (Å²) in [6.07, 6.45) is 1.15. The van der Waals surface area contributed by atoms with Crippen molar-refractivity contribution in [1.82, 2.24) is 25.9 Å². The Kier molecular flexibility index (Phi) is 12.2. The quantitative estimate of drug-likeness (QED) is 0.0984. The zero-order valence-corrected chi connectivity index (χ0v) is 21.9. The number of H-pyrrole nitrogens is 1. The molecule has 2 aromatic rings. The molecule has 1 aromatic carbocycles. The molecule has 41 heavy (non-hydrogen) atoms. The van der Waals surface area contributed by atoms with Crippen molar-refractivity contribution in [2.45, 2.75) is 62.7 Å². The minimum absolute atomic E-state index is 0.0366. The molecule has 2 rings (SSSR count). The average Bonchev–Trinajstić information content (AvgIpc) is 3.42. The molecule has 0 saturated carbocycles. The highest BCUT2D eigenvalue weighted by Gasteiger charge is 2.31. The molecule has 4 atom stereocenters. The molecule has 0 radical (unpaired) electrons. The highest BCUT2D eigenvalue weighted by molar-refractivity contribution is 5.94. The van der Waals surface area contributed by atoms with Crippen LogP contribution >= 0.6 is 0 Å². The summed E-state index contributed by atoms with van der Waals surface area (Å²) in [7, 11) is 0. The number of benzene rings is 1. The number of phenols is 1. The summed E-state index contributed by atoms with van der Waals surface area (Å²) in [5.41, 5.74) is 12.3. The fourth-order valence-corrected chi connectivity index (χ4v) is 3.71. The number of carbonyl (C=O) groups excluding carboxylic acids is 4. The molecule has 0 aliphatic heterocycles. The van der Waals surface area contributed by atoms with Gasteiger partial charge in [0.1, 0.15) is 23.9 Å². The molecule has 0 aliphatic rings. The highest BCUT2D eigenvalue weighted by Crippen LogP contribution is 2.11. The molecule has 1 aromatic heterocycles. The van der Waals surface area contributed by atoms with Crippen LogP contribution in [0.25, 0.3) is 0 Å². The van der Waals surface area contributed by atoms with Crippen LogP contribution < -0.4 is 27.4 Å². The van der Waals surface area contributed by atoms with Gasteiger partial charge in [-0.2, -0.15) is 0 Å². The lowest BCUT2D eigenvalue weighted by atomic mass is 10.0. The first-order valence-electron chi connectivity index (χ1n) is 12.5. The lowest BCUT2D eigenvalue weighted by Crippen LogP contribution is -2.58. The summed E-state index contributed by atoms with van der Waals surface area (Å²) in [5, 5.41) is 34.8. The Labute approximate surface area is 233 Å². The molecule has 16 heteroatoms. The summed E-state index contributed by atoms with van der Waals surface area (Å²) < 4.78 is 0. The van der Waals surface area contributed by atoms with Crippen molar-refractivity contribution in [2.75, 3.05) is 0 Å². The van der Waals surface area contributed by atoms with Gasteiger partial charge in [0.2, 0.25) is 23.6 Å². The Bertz CT molecular complexity index is 1220. The van der Waals surface area contributed by atoms with Gasteiger partial charge in [-0.25, -0.2) is 9.78 Å². The van der Waals surface area contributed by atoms with Crippen molar-refractivity contribution in [3.63, 3.8) is 0 Å². The Morgan fingerprint density at radius 2 is 1.41 bits per heavy atom. The molecule has 1 heterocycles. The van der Waals surface area contributed by atoms with Gasteiger partial charge in [0.05, 0.1) is 12.4 Å². The van der Waals surface area contributed by atoms with E-state index in [9.17, 15) is 39.0 Å². The number of hydrogen-bond donors (Lipinski definition) is 9. The SMILES string of the molecule is NC(=O)CCC(NC(=O)C(Cc1cnc[nH]1)NC(=O)C(N)Cc1ccc(O)cc1)C(=O)NC(CCC(=O)O)C(=O)O. The number of carboxylic acids is 2. The number of hydrogen-bond acceptors (Lipinski definition) is 9. The number of primary amides is 1. The number of nitrogens with zero attached hydrogens (tertiary/aromatic N) is 1. The molecule has 4 amide bonds. The third-order valence-corrected chi connectivity index (χ3v) is 5.91. The first-order valence-corrected chi connectivity index (χ1v) is 12.5. The topological polar surface area (TPSA) is 280 Å². The van der Waals surface area contributed by atoms with Crippen LogP contribution in [0.5, 0.6) is 5.75 Å². The third-order valence-electron chi connectivity index (χ3n) is 5.91. The molecular formula is C25H33N7O9. The van der Waals surface area contributed by atoms with E-state index >= 15 is 0 Å². The van der Waals surface area contributed by atoms with Gasteiger partial charge in [-0.05, 0) is 37.0 Å². The number of aliphatic carboxylic acids is 2. The van der Waals surface area contributed by atoms with Crippen LogP contribution in [0, 0.1) is 0 Å². The zero-order chi connectivity index (χ0) is 30.5. The summed E-state index contributed by atoms with van der Waals surface area (Å²) in [6, 6.07) is 0.639. The van der Waals surface area contributed by atoms with E-state index in [0.29, 0.717) is 11.3 Å². The van der Waals surface area contributed by atoms with E-state index < -0.39 is 72.6 Å². The summed E-state index contributed by atoms with van der Waals surface area (Å²) >= 11 is 0. The van der Waals surface area contributed by atoms with Gasteiger partial charge >= 0.3 is 11.9 Å². The van der Waals surface area contributed by atoms with Gasteiger partial charge in [-0.1, -0.05) is 12.1 Å². The number of aromatic hydroxyl groups is 1. The van der Waals surface area contributed by atoms with Crippen molar-refractivity contribution in [3.8, 4) is 5.75 Å². The first-order chi connectivity index (χ1) is 19.3. The number of nitrogens with two attached hydrogens (primary N) is 2. The Morgan fingerprint density at radius 1 is 0.829 bits per heavy atom. The standard InChI is InChI=1S/C25H33N7O9/c26-16(9-13-1-3-15(33)4-2-13)22(37)32-19(10-14-11-28-12-29-14)24(39)30-17(5-7-20(27)34)23(38)31-18(25(40)41)6-8-21(35)36/h1-4,11-12,16-19,33H,5-10,26H2,(H2,27,34)(H,28,29)(H,30,39)(H,31,38)(H,32,37)(H,35,36)(H,40,41). The van der Waals surface area contributed by atoms with E-state index in [4.69, 9.17) is 16.6 Å². The van der Waals surface area contributed by atoms with Gasteiger partial charge < -0.3 is 47.7 Å². The average molecular weight is 576 g/mol. The van der Waals surface area contributed by atoms with Crippen LogP contribution in [0.3, 0.4) is 0 Å². The second-order valence-electron chi connectivity index (χ2n) is 9.22. The number of aromatic amines is 1. The number of imidazole rings is 1. The maximum Gasteiger partial charge on any atom is 0.326 e. The summed E-state index contributed by atoms with van der Waals surface area (Å²) in [5.74, 6) is -6.07. The maximum absolute atomic E-state index is 13.3. The first kappa shape index (κ1) is 32.2. The summed E-state index contributed by atoms with van der Waals surface area (Å²) in [6.45, 7) is 0. The van der Waals surface area contributed by atoms with Gasteiger partial charge in [0, 0.05) is 31.2 Å². The fourth-order valence-electron chi connectivity index (χ4n) is 3.71. The van der Waals surface area contributed by atoms with E-state index in [2.05, 4.69) is 25.9 Å². The third kappa shape index (κ3) is 11.3. The molecule has 0 fully saturated rings. The molecule has 0 aliphatic carbocycles. The predicted molar refractivity (Wildman–Crippen MR) is 141 cm³/mol. The van der Waals surface area contributed by atoms with E-state index in [1.807, 2.05) is 0 Å². The minimum Gasteiger partial charge on any atom is -0.508 e. The van der Waals surface area contributed by atoms with E-state index in [-0.39, 0.29) is 31.4 Å². The molecule has 4 unspecified atom stereocenters. The number of carboxylic acid groups (broad SMARTS) is 2.